The van der Waals surface area contributed by atoms with Gasteiger partial charge in [0.1, 0.15) is 5.76 Å². The quantitative estimate of drug-likeness (QED) is 0.286. The first-order valence-electron chi connectivity index (χ1n) is 13.2. The number of aromatic hydroxyl groups is 1. The molecule has 8 nitrogen and oxygen atoms in total. The number of carbonyl (C=O) groups is 1. The summed E-state index contributed by atoms with van der Waals surface area (Å²) in [5, 5.41) is 37.5. The van der Waals surface area contributed by atoms with Crippen molar-refractivity contribution in [1.82, 2.24) is 9.88 Å². The molecule has 1 amide bonds. The van der Waals surface area contributed by atoms with Crippen molar-refractivity contribution in [2.45, 2.75) is 62.7 Å². The van der Waals surface area contributed by atoms with Crippen LogP contribution in [0.15, 0.2) is 47.2 Å². The van der Waals surface area contributed by atoms with E-state index in [1.54, 1.807) is 24.6 Å². The van der Waals surface area contributed by atoms with Gasteiger partial charge in [0.15, 0.2) is 17.6 Å². The number of nitrogens with one attached hydrogen (secondary N) is 1. The largest absolute Gasteiger partial charge is 0.508 e. The van der Waals surface area contributed by atoms with E-state index in [1.165, 1.54) is 24.2 Å². The highest BCUT2D eigenvalue weighted by Crippen LogP contribution is 2.63. The third-order valence-corrected chi connectivity index (χ3v) is 10.1. The molecule has 1 aromatic heterocycles. The third kappa shape index (κ3) is 3.28. The summed E-state index contributed by atoms with van der Waals surface area (Å²) in [6, 6.07) is 8.86. The number of piperidine rings is 1. The SMILES string of the molecule is C/C(C(=O)Nc1ccc2ncsc2c1)=C(/O)[C@@H]1Oc2c(O)ccc3c2[C@@]12CCN(CC1CC1)[C@H](C3)[C@@]2(C)O. The van der Waals surface area contributed by atoms with Gasteiger partial charge in [0.25, 0.3) is 5.91 Å². The Morgan fingerprint density at radius 2 is 2.11 bits per heavy atom. The van der Waals surface area contributed by atoms with Crippen LogP contribution in [0.1, 0.15) is 44.2 Å². The van der Waals surface area contributed by atoms with Crippen molar-refractivity contribution in [2.75, 3.05) is 18.4 Å². The minimum atomic E-state index is -1.25. The zero-order valence-electron chi connectivity index (χ0n) is 21.4. The van der Waals surface area contributed by atoms with E-state index in [-0.39, 0.29) is 23.1 Å². The van der Waals surface area contributed by atoms with E-state index < -0.39 is 23.0 Å². The fourth-order valence-corrected chi connectivity index (χ4v) is 7.76. The Hall–Kier alpha value is -3.14. The molecule has 0 unspecified atom stereocenters. The summed E-state index contributed by atoms with van der Waals surface area (Å²) in [6.07, 6.45) is 2.64. The molecule has 1 saturated carbocycles. The Morgan fingerprint density at radius 3 is 2.89 bits per heavy atom. The van der Waals surface area contributed by atoms with Crippen molar-refractivity contribution in [2.24, 2.45) is 5.92 Å². The van der Waals surface area contributed by atoms with E-state index >= 15 is 0 Å². The number of phenolic OH excluding ortho intramolecular Hbond substituents is 1. The standard InChI is InChI=1S/C29H31N3O5S/c1-15(27(35)31-18-6-7-19-21(12-18)38-14-30-19)24(34)26-29-9-10-32(13-16-3-4-16)22(28(29,2)36)11-17-5-8-20(33)25(37-26)23(17)29/h5-8,12,14,16,22,26,33-34,36H,3-4,9-11,13H2,1-2H3,(H,31,35)/b24-15-/t22-,26+,28-,29+/m1/s1. The Bertz CT molecular complexity index is 1510. The summed E-state index contributed by atoms with van der Waals surface area (Å²) in [5.41, 5.74) is 2.87. The van der Waals surface area contributed by atoms with Crippen LogP contribution in [0.2, 0.25) is 0 Å². The number of phenols is 1. The number of benzene rings is 2. The number of aliphatic hydroxyl groups is 2. The second-order valence-corrected chi connectivity index (χ2v) is 12.4. The molecule has 1 spiro atoms. The van der Waals surface area contributed by atoms with E-state index in [9.17, 15) is 20.1 Å². The summed E-state index contributed by atoms with van der Waals surface area (Å²) in [7, 11) is 0. The molecule has 2 fully saturated rings. The van der Waals surface area contributed by atoms with E-state index in [1.807, 2.05) is 25.1 Å². The van der Waals surface area contributed by atoms with Gasteiger partial charge in [-0.3, -0.25) is 9.69 Å². The number of hydrogen-bond donors (Lipinski definition) is 4. The lowest BCUT2D eigenvalue weighted by Crippen LogP contribution is -2.73. The molecule has 9 heteroatoms. The molecule has 7 rings (SSSR count). The molecular weight excluding hydrogens is 502 g/mol. The van der Waals surface area contributed by atoms with Gasteiger partial charge in [-0.15, -0.1) is 11.3 Å². The van der Waals surface area contributed by atoms with Gasteiger partial charge >= 0.3 is 0 Å². The van der Waals surface area contributed by atoms with Crippen molar-refractivity contribution in [1.29, 1.82) is 0 Å². The second-order valence-electron chi connectivity index (χ2n) is 11.5. The molecule has 2 aliphatic carbocycles. The minimum Gasteiger partial charge on any atom is -0.508 e. The number of amides is 1. The van der Waals surface area contributed by atoms with Crippen LogP contribution >= 0.6 is 11.3 Å². The lowest BCUT2D eigenvalue weighted by molar-refractivity contribution is -0.153. The lowest BCUT2D eigenvalue weighted by atomic mass is 9.53. The first-order chi connectivity index (χ1) is 18.2. The molecule has 2 aromatic carbocycles. The van der Waals surface area contributed by atoms with Gasteiger partial charge in [-0.1, -0.05) is 6.07 Å². The number of nitrogens with zero attached hydrogens (tertiary/aromatic N) is 2. The highest BCUT2D eigenvalue weighted by atomic mass is 32.1. The molecular formula is C29H31N3O5S. The monoisotopic (exact) mass is 533 g/mol. The Balaban J connectivity index is 1.28. The fourth-order valence-electron chi connectivity index (χ4n) is 7.04. The number of rotatable bonds is 5. The summed E-state index contributed by atoms with van der Waals surface area (Å²) < 4.78 is 7.26. The molecule has 1 saturated heterocycles. The number of carbonyl (C=O) groups excluding carboxylic acids is 1. The van der Waals surface area contributed by atoms with Crippen molar-refractivity contribution in [3.63, 3.8) is 0 Å². The summed E-state index contributed by atoms with van der Waals surface area (Å²) >= 11 is 1.49. The number of aromatic nitrogens is 1. The highest BCUT2D eigenvalue weighted by Gasteiger charge is 2.69. The number of ether oxygens (including phenoxy) is 1. The highest BCUT2D eigenvalue weighted by molar-refractivity contribution is 7.16. The summed E-state index contributed by atoms with van der Waals surface area (Å²) in [4.78, 5) is 20.0. The second kappa shape index (κ2) is 8.18. The van der Waals surface area contributed by atoms with Crippen LogP contribution < -0.4 is 10.1 Å². The Morgan fingerprint density at radius 1 is 1.29 bits per heavy atom. The first kappa shape index (κ1) is 23.9. The van der Waals surface area contributed by atoms with Crippen LogP contribution in [-0.4, -0.2) is 61.9 Å². The van der Waals surface area contributed by atoms with Crippen LogP contribution in [0.3, 0.4) is 0 Å². The smallest absolute Gasteiger partial charge is 0.254 e. The van der Waals surface area contributed by atoms with Crippen LogP contribution in [0, 0.1) is 5.92 Å². The average Bonchev–Trinajstić information content (AvgIpc) is 3.45. The Labute approximate surface area is 224 Å². The van der Waals surface area contributed by atoms with Gasteiger partial charge in [0, 0.05) is 23.8 Å². The minimum absolute atomic E-state index is 0.0203. The first-order valence-corrected chi connectivity index (χ1v) is 14.1. The molecule has 3 heterocycles. The molecule has 38 heavy (non-hydrogen) atoms. The lowest BCUT2D eigenvalue weighted by Gasteiger charge is -2.59. The maximum absolute atomic E-state index is 13.3. The van der Waals surface area contributed by atoms with E-state index in [4.69, 9.17) is 4.74 Å². The normalized spacial score (nSPS) is 30.5. The molecule has 4 aliphatic rings. The van der Waals surface area contributed by atoms with Crippen molar-refractivity contribution in [3.8, 4) is 11.5 Å². The molecule has 2 aliphatic heterocycles. The van der Waals surface area contributed by atoms with Crippen LogP contribution in [0.4, 0.5) is 5.69 Å². The number of hydrogen-bond acceptors (Lipinski definition) is 8. The molecule has 4 N–H and O–H groups in total. The fraction of sp³-hybridized carbons (Fsp3) is 0.448. The molecule has 0 radical (unpaired) electrons. The van der Waals surface area contributed by atoms with E-state index in [0.717, 1.165) is 34.4 Å². The number of thiazole rings is 1. The van der Waals surface area contributed by atoms with Crippen molar-refractivity contribution in [3.05, 3.63) is 58.3 Å². The van der Waals surface area contributed by atoms with E-state index in [2.05, 4.69) is 15.2 Å². The summed E-state index contributed by atoms with van der Waals surface area (Å²) in [5.74, 6) is 0.283. The van der Waals surface area contributed by atoms with Gasteiger partial charge in [-0.25, -0.2) is 4.98 Å². The predicted octanol–water partition coefficient (Wildman–Crippen LogP) is 4.26. The van der Waals surface area contributed by atoms with Crippen molar-refractivity contribution >= 4 is 33.1 Å². The topological polar surface area (TPSA) is 115 Å². The predicted molar refractivity (Wildman–Crippen MR) is 145 cm³/mol. The third-order valence-electron chi connectivity index (χ3n) is 9.30. The van der Waals surface area contributed by atoms with E-state index in [0.29, 0.717) is 30.2 Å². The van der Waals surface area contributed by atoms with Crippen molar-refractivity contribution < 1.29 is 24.9 Å². The molecule has 4 atom stereocenters. The van der Waals surface area contributed by atoms with Gasteiger partial charge < -0.3 is 25.4 Å². The number of fused-ring (bicyclic) bond motifs is 2. The number of anilines is 1. The zero-order chi connectivity index (χ0) is 26.4. The van der Waals surface area contributed by atoms with Crippen LogP contribution in [0.5, 0.6) is 11.5 Å². The molecule has 2 bridgehead atoms. The van der Waals surface area contributed by atoms with Gasteiger partial charge in [0.2, 0.25) is 0 Å². The molecule has 3 aromatic rings. The van der Waals surface area contributed by atoms with Gasteiger partial charge in [-0.2, -0.15) is 0 Å². The van der Waals surface area contributed by atoms with Gasteiger partial charge in [-0.05, 0) is 81.8 Å². The molecule has 198 valence electrons. The van der Waals surface area contributed by atoms with Crippen LogP contribution in [0.25, 0.3) is 10.2 Å². The summed E-state index contributed by atoms with van der Waals surface area (Å²) in [6.45, 7) is 5.11. The zero-order valence-corrected chi connectivity index (χ0v) is 22.2. The van der Waals surface area contributed by atoms with Crippen LogP contribution in [-0.2, 0) is 16.6 Å². The maximum atomic E-state index is 13.3. The Kier molecular flexibility index (Phi) is 5.15. The average molecular weight is 534 g/mol. The number of likely N-dealkylation sites (tertiary alicyclic amines) is 1. The maximum Gasteiger partial charge on any atom is 0.254 e. The number of aliphatic hydroxyl groups excluding tert-OH is 1. The van der Waals surface area contributed by atoms with Gasteiger partial charge in [0.05, 0.1) is 32.3 Å².